The quantitative estimate of drug-likeness (QED) is 0.684. The first-order chi connectivity index (χ1) is 7.56. The number of aryl methyl sites for hydroxylation is 2. The lowest BCUT2D eigenvalue weighted by atomic mass is 10.3. The van der Waals surface area contributed by atoms with Crippen molar-refractivity contribution in [1.29, 1.82) is 0 Å². The number of anilines is 2. The van der Waals surface area contributed by atoms with Gasteiger partial charge in [0.25, 0.3) is 0 Å². The summed E-state index contributed by atoms with van der Waals surface area (Å²) in [7, 11) is 0. The van der Waals surface area contributed by atoms with E-state index in [1.807, 2.05) is 11.6 Å². The third-order valence-electron chi connectivity index (χ3n) is 2.46. The van der Waals surface area contributed by atoms with E-state index in [2.05, 4.69) is 17.3 Å². The molecule has 0 aliphatic carbocycles. The molecule has 4 N–H and O–H groups in total. The topological polar surface area (TPSA) is 76.1 Å². The molecule has 1 aromatic rings. The third-order valence-corrected chi connectivity index (χ3v) is 2.46. The van der Waals surface area contributed by atoms with Crippen LogP contribution in [0.15, 0.2) is 0 Å². The number of nitrogens with two attached hydrogens (primary N) is 1. The number of nitrogen functional groups attached to an aromatic ring is 1. The van der Waals surface area contributed by atoms with Crippen LogP contribution in [0, 0.1) is 6.92 Å². The van der Waals surface area contributed by atoms with E-state index >= 15 is 0 Å². The molecule has 5 heteroatoms. The van der Waals surface area contributed by atoms with Crippen LogP contribution >= 0.6 is 0 Å². The van der Waals surface area contributed by atoms with Crippen molar-refractivity contribution in [2.45, 2.75) is 46.3 Å². The molecule has 5 nitrogen and oxygen atoms in total. The zero-order chi connectivity index (χ0) is 12.1. The van der Waals surface area contributed by atoms with E-state index in [0.29, 0.717) is 18.7 Å². The van der Waals surface area contributed by atoms with Crippen molar-refractivity contribution < 1.29 is 5.11 Å². The van der Waals surface area contributed by atoms with E-state index in [4.69, 9.17) is 5.73 Å². The van der Waals surface area contributed by atoms with Crippen LogP contribution in [0.4, 0.5) is 11.5 Å². The van der Waals surface area contributed by atoms with E-state index < -0.39 is 0 Å². The summed E-state index contributed by atoms with van der Waals surface area (Å²) >= 11 is 0. The number of nitrogens with zero attached hydrogens (tertiary/aromatic N) is 2. The molecule has 0 aliphatic rings. The summed E-state index contributed by atoms with van der Waals surface area (Å²) in [5, 5.41) is 16.8. The Morgan fingerprint density at radius 3 is 2.81 bits per heavy atom. The maximum absolute atomic E-state index is 9.18. The van der Waals surface area contributed by atoms with Crippen LogP contribution in [0.3, 0.4) is 0 Å². The second-order valence-corrected chi connectivity index (χ2v) is 4.14. The lowest BCUT2D eigenvalue weighted by Gasteiger charge is -2.10. The fraction of sp³-hybridized carbons (Fsp3) is 0.727. The molecule has 1 heterocycles. The lowest BCUT2D eigenvalue weighted by Crippen LogP contribution is -2.14. The number of aromatic nitrogens is 2. The lowest BCUT2D eigenvalue weighted by molar-refractivity contribution is 0.188. The molecule has 0 aliphatic heterocycles. The van der Waals surface area contributed by atoms with E-state index in [1.165, 1.54) is 0 Å². The smallest absolute Gasteiger partial charge is 0.148 e. The number of rotatable bonds is 6. The molecule has 0 saturated heterocycles. The molecule has 0 amide bonds. The Morgan fingerprint density at radius 1 is 1.56 bits per heavy atom. The molecular weight excluding hydrogens is 204 g/mol. The van der Waals surface area contributed by atoms with Gasteiger partial charge >= 0.3 is 0 Å². The van der Waals surface area contributed by atoms with Crippen LogP contribution < -0.4 is 11.1 Å². The second kappa shape index (κ2) is 5.75. The van der Waals surface area contributed by atoms with Gasteiger partial charge in [-0.1, -0.05) is 6.92 Å². The van der Waals surface area contributed by atoms with Crippen molar-refractivity contribution in [3.05, 3.63) is 5.69 Å². The van der Waals surface area contributed by atoms with Crippen molar-refractivity contribution in [3.8, 4) is 0 Å². The van der Waals surface area contributed by atoms with E-state index in [0.717, 1.165) is 24.5 Å². The fourth-order valence-electron chi connectivity index (χ4n) is 1.55. The van der Waals surface area contributed by atoms with Gasteiger partial charge in [-0.2, -0.15) is 5.10 Å². The maximum Gasteiger partial charge on any atom is 0.148 e. The van der Waals surface area contributed by atoms with Gasteiger partial charge in [0, 0.05) is 13.1 Å². The Hall–Kier alpha value is -1.23. The minimum atomic E-state index is -0.294. The number of hydrogen-bond donors (Lipinski definition) is 3. The summed E-state index contributed by atoms with van der Waals surface area (Å²) in [6, 6.07) is 0. The van der Waals surface area contributed by atoms with Crippen molar-refractivity contribution in [2.75, 3.05) is 17.6 Å². The molecule has 0 bridgehead atoms. The molecule has 0 fully saturated rings. The molecule has 0 spiro atoms. The Kier molecular flexibility index (Phi) is 4.61. The summed E-state index contributed by atoms with van der Waals surface area (Å²) in [6.45, 7) is 7.35. The van der Waals surface area contributed by atoms with E-state index in [1.54, 1.807) is 6.92 Å². The number of aliphatic hydroxyl groups is 1. The maximum atomic E-state index is 9.18. The van der Waals surface area contributed by atoms with Crippen LogP contribution in [-0.4, -0.2) is 27.5 Å². The zero-order valence-electron chi connectivity index (χ0n) is 10.3. The van der Waals surface area contributed by atoms with Crippen molar-refractivity contribution in [1.82, 2.24) is 9.78 Å². The van der Waals surface area contributed by atoms with Crippen molar-refractivity contribution in [2.24, 2.45) is 0 Å². The molecule has 0 aromatic carbocycles. The van der Waals surface area contributed by atoms with Crippen molar-refractivity contribution >= 4 is 11.5 Å². The molecule has 0 saturated carbocycles. The van der Waals surface area contributed by atoms with Crippen LogP contribution in [-0.2, 0) is 6.54 Å². The SMILES string of the molecule is CCCn1nc(C)c(N)c1NCCC(C)O. The van der Waals surface area contributed by atoms with Gasteiger partial charge in [0.15, 0.2) is 0 Å². The second-order valence-electron chi connectivity index (χ2n) is 4.14. The van der Waals surface area contributed by atoms with Gasteiger partial charge in [-0.3, -0.25) is 0 Å². The van der Waals surface area contributed by atoms with Crippen LogP contribution in [0.5, 0.6) is 0 Å². The molecule has 0 radical (unpaired) electrons. The highest BCUT2D eigenvalue weighted by Crippen LogP contribution is 2.22. The van der Waals surface area contributed by atoms with Crippen LogP contribution in [0.2, 0.25) is 0 Å². The highest BCUT2D eigenvalue weighted by Gasteiger charge is 2.11. The standard InChI is InChI=1S/C11H22N4O/c1-4-7-15-11(10(12)9(3)14-15)13-6-5-8(2)16/h8,13,16H,4-7,12H2,1-3H3. The fourth-order valence-corrected chi connectivity index (χ4v) is 1.55. The van der Waals surface area contributed by atoms with Crippen LogP contribution in [0.1, 0.15) is 32.4 Å². The predicted octanol–water partition coefficient (Wildman–Crippen LogP) is 1.37. The van der Waals surface area contributed by atoms with E-state index in [9.17, 15) is 5.11 Å². The van der Waals surface area contributed by atoms with Crippen LogP contribution in [0.25, 0.3) is 0 Å². The summed E-state index contributed by atoms with van der Waals surface area (Å²) in [5.74, 6) is 0.875. The molecule has 1 unspecified atom stereocenters. The Morgan fingerprint density at radius 2 is 2.25 bits per heavy atom. The molecule has 1 atom stereocenters. The largest absolute Gasteiger partial charge is 0.394 e. The van der Waals surface area contributed by atoms with E-state index in [-0.39, 0.29) is 6.10 Å². The Labute approximate surface area is 96.6 Å². The van der Waals surface area contributed by atoms with Gasteiger partial charge in [-0.15, -0.1) is 0 Å². The summed E-state index contributed by atoms with van der Waals surface area (Å²) in [6.07, 6.45) is 1.43. The monoisotopic (exact) mass is 226 g/mol. The summed E-state index contributed by atoms with van der Waals surface area (Å²) in [4.78, 5) is 0. The predicted molar refractivity (Wildman–Crippen MR) is 66.5 cm³/mol. The highest BCUT2D eigenvalue weighted by molar-refractivity contribution is 5.64. The minimum absolute atomic E-state index is 0.294. The minimum Gasteiger partial charge on any atom is -0.394 e. The molecular formula is C11H22N4O. The number of nitrogens with one attached hydrogen (secondary N) is 1. The van der Waals surface area contributed by atoms with Gasteiger partial charge in [0.05, 0.1) is 17.5 Å². The first-order valence-electron chi connectivity index (χ1n) is 5.81. The third kappa shape index (κ3) is 3.13. The summed E-state index contributed by atoms with van der Waals surface area (Å²) < 4.78 is 1.90. The van der Waals surface area contributed by atoms with Gasteiger partial charge in [0.2, 0.25) is 0 Å². The Balaban J connectivity index is 2.68. The summed E-state index contributed by atoms with van der Waals surface area (Å²) in [5.41, 5.74) is 7.50. The Bertz CT molecular complexity index is 333. The van der Waals surface area contributed by atoms with Gasteiger partial charge in [0.1, 0.15) is 5.82 Å². The van der Waals surface area contributed by atoms with Gasteiger partial charge in [-0.05, 0) is 26.7 Å². The average molecular weight is 226 g/mol. The first kappa shape index (κ1) is 12.8. The molecule has 16 heavy (non-hydrogen) atoms. The normalized spacial score (nSPS) is 12.8. The van der Waals surface area contributed by atoms with Crippen molar-refractivity contribution in [3.63, 3.8) is 0 Å². The van der Waals surface area contributed by atoms with Gasteiger partial charge < -0.3 is 16.2 Å². The van der Waals surface area contributed by atoms with Gasteiger partial charge in [-0.25, -0.2) is 4.68 Å². The molecule has 1 rings (SSSR count). The molecule has 1 aromatic heterocycles. The number of aliphatic hydroxyl groups excluding tert-OH is 1. The highest BCUT2D eigenvalue weighted by atomic mass is 16.3. The zero-order valence-corrected chi connectivity index (χ0v) is 10.3. The molecule has 92 valence electrons. The number of hydrogen-bond acceptors (Lipinski definition) is 4. The average Bonchev–Trinajstić information content (AvgIpc) is 2.46. The first-order valence-corrected chi connectivity index (χ1v) is 5.81.